The number of nitrogens with one attached hydrogen (secondary N) is 1. The van der Waals surface area contributed by atoms with Gasteiger partial charge in [0, 0.05) is 19.2 Å². The average Bonchev–Trinajstić information content (AvgIpc) is 2.62. The van der Waals surface area contributed by atoms with Crippen LogP contribution in [0.2, 0.25) is 0 Å². The fraction of sp³-hybridized carbons (Fsp3) is 1.00. The highest BCUT2D eigenvalue weighted by Gasteiger charge is 2.37. The van der Waals surface area contributed by atoms with E-state index in [0.29, 0.717) is 46.0 Å². The van der Waals surface area contributed by atoms with Crippen LogP contribution in [0.5, 0.6) is 0 Å². The molecule has 19 heavy (non-hydrogen) atoms. The topological polar surface area (TPSA) is 73.9 Å². The Labute approximate surface area is 115 Å². The largest absolute Gasteiger partial charge is 0.382 e. The molecule has 0 saturated carbocycles. The van der Waals surface area contributed by atoms with Crippen molar-refractivity contribution in [2.75, 3.05) is 58.2 Å². The van der Waals surface area contributed by atoms with Gasteiger partial charge in [0.25, 0.3) is 0 Å². The molecule has 1 N–H and O–H groups in total. The quantitative estimate of drug-likeness (QED) is 0.564. The van der Waals surface area contributed by atoms with Gasteiger partial charge in [-0.25, -0.2) is 8.42 Å². The maximum atomic E-state index is 11.4. The third-order valence-electron chi connectivity index (χ3n) is 3.11. The van der Waals surface area contributed by atoms with Crippen LogP contribution in [0.25, 0.3) is 0 Å². The zero-order chi connectivity index (χ0) is 14.2. The van der Waals surface area contributed by atoms with E-state index >= 15 is 0 Å². The van der Waals surface area contributed by atoms with Gasteiger partial charge in [0.1, 0.15) is 0 Å². The SMILES string of the molecule is COCCOCCOCCNC1(C)CCS(=O)(=O)C1. The van der Waals surface area contributed by atoms with Crippen LogP contribution >= 0.6 is 0 Å². The fourth-order valence-electron chi connectivity index (χ4n) is 2.04. The molecule has 0 spiro atoms. The van der Waals surface area contributed by atoms with Crippen molar-refractivity contribution in [2.24, 2.45) is 0 Å². The maximum absolute atomic E-state index is 11.4. The molecule has 1 fully saturated rings. The Hall–Kier alpha value is -0.210. The van der Waals surface area contributed by atoms with E-state index in [0.717, 1.165) is 0 Å². The minimum Gasteiger partial charge on any atom is -0.382 e. The number of ether oxygens (including phenoxy) is 3. The van der Waals surface area contributed by atoms with Crippen molar-refractivity contribution >= 4 is 9.84 Å². The van der Waals surface area contributed by atoms with Gasteiger partial charge in [0.05, 0.1) is 44.5 Å². The van der Waals surface area contributed by atoms with Crippen LogP contribution in [0, 0.1) is 0 Å². The second-order valence-corrected chi connectivity index (χ2v) is 7.23. The van der Waals surface area contributed by atoms with Crippen LogP contribution in [-0.2, 0) is 24.0 Å². The first-order valence-electron chi connectivity index (χ1n) is 6.57. The summed E-state index contributed by atoms with van der Waals surface area (Å²) in [7, 11) is -1.22. The van der Waals surface area contributed by atoms with Crippen molar-refractivity contribution in [2.45, 2.75) is 18.9 Å². The number of hydrogen-bond donors (Lipinski definition) is 1. The Kier molecular flexibility index (Phi) is 7.23. The third-order valence-corrected chi connectivity index (χ3v) is 5.01. The Bertz CT molecular complexity index is 346. The van der Waals surface area contributed by atoms with Crippen LogP contribution in [0.3, 0.4) is 0 Å². The van der Waals surface area contributed by atoms with E-state index in [1.54, 1.807) is 7.11 Å². The number of methoxy groups -OCH3 is 1. The molecular weight excluding hydrogens is 270 g/mol. The van der Waals surface area contributed by atoms with Crippen molar-refractivity contribution in [3.8, 4) is 0 Å². The highest BCUT2D eigenvalue weighted by molar-refractivity contribution is 7.91. The summed E-state index contributed by atoms with van der Waals surface area (Å²) in [5.74, 6) is 0.505. The van der Waals surface area contributed by atoms with Crippen LogP contribution in [0.1, 0.15) is 13.3 Å². The van der Waals surface area contributed by atoms with Crippen LogP contribution in [-0.4, -0.2) is 72.2 Å². The second-order valence-electron chi connectivity index (χ2n) is 5.05. The molecule has 0 bridgehead atoms. The van der Waals surface area contributed by atoms with Crippen LogP contribution < -0.4 is 5.32 Å². The summed E-state index contributed by atoms with van der Waals surface area (Å²) in [5.41, 5.74) is -0.294. The molecule has 1 heterocycles. The van der Waals surface area contributed by atoms with Crippen LogP contribution in [0.15, 0.2) is 0 Å². The van der Waals surface area contributed by atoms with E-state index < -0.39 is 9.84 Å². The van der Waals surface area contributed by atoms with Gasteiger partial charge in [-0.3, -0.25) is 0 Å². The number of sulfone groups is 1. The Balaban J connectivity index is 1.97. The third kappa shape index (κ3) is 7.22. The lowest BCUT2D eigenvalue weighted by Crippen LogP contribution is -2.44. The second kappa shape index (κ2) is 8.16. The summed E-state index contributed by atoms with van der Waals surface area (Å²) < 4.78 is 38.3. The number of hydrogen-bond acceptors (Lipinski definition) is 6. The first-order chi connectivity index (χ1) is 8.97. The summed E-state index contributed by atoms with van der Waals surface area (Å²) >= 11 is 0. The molecule has 1 unspecified atom stereocenters. The molecule has 0 aromatic rings. The van der Waals surface area contributed by atoms with Crippen molar-refractivity contribution in [1.82, 2.24) is 5.32 Å². The maximum Gasteiger partial charge on any atom is 0.152 e. The Morgan fingerprint density at radius 2 is 1.74 bits per heavy atom. The predicted molar refractivity (Wildman–Crippen MR) is 73.2 cm³/mol. The standard InChI is InChI=1S/C12H25NO5S/c1-12(3-10-19(14,15)11-12)13-4-5-17-8-9-18-7-6-16-2/h13H,3-11H2,1-2H3. The van der Waals surface area contributed by atoms with Crippen molar-refractivity contribution < 1.29 is 22.6 Å². The molecule has 1 rings (SSSR count). The lowest BCUT2D eigenvalue weighted by molar-refractivity contribution is 0.0247. The highest BCUT2D eigenvalue weighted by Crippen LogP contribution is 2.22. The van der Waals surface area contributed by atoms with Gasteiger partial charge >= 0.3 is 0 Å². The van der Waals surface area contributed by atoms with Crippen LogP contribution in [0.4, 0.5) is 0 Å². The van der Waals surface area contributed by atoms with E-state index in [2.05, 4.69) is 5.32 Å². The van der Waals surface area contributed by atoms with Gasteiger partial charge < -0.3 is 19.5 Å². The molecule has 0 aliphatic carbocycles. The molecule has 1 saturated heterocycles. The molecule has 0 aromatic carbocycles. The van der Waals surface area contributed by atoms with Gasteiger partial charge in [0.15, 0.2) is 9.84 Å². The van der Waals surface area contributed by atoms with Crippen molar-refractivity contribution in [3.05, 3.63) is 0 Å². The lowest BCUT2D eigenvalue weighted by Gasteiger charge is -2.23. The summed E-state index contributed by atoms with van der Waals surface area (Å²) in [5, 5.41) is 3.26. The van der Waals surface area contributed by atoms with Crippen molar-refractivity contribution in [1.29, 1.82) is 0 Å². The van der Waals surface area contributed by atoms with E-state index in [9.17, 15) is 8.42 Å². The Morgan fingerprint density at radius 3 is 2.32 bits per heavy atom. The molecule has 7 heteroatoms. The molecule has 114 valence electrons. The number of rotatable bonds is 10. The lowest BCUT2D eigenvalue weighted by atomic mass is 10.0. The first-order valence-corrected chi connectivity index (χ1v) is 8.39. The monoisotopic (exact) mass is 295 g/mol. The fourth-order valence-corrected chi connectivity index (χ4v) is 4.16. The van der Waals surface area contributed by atoms with E-state index in [4.69, 9.17) is 14.2 Å². The molecular formula is C12H25NO5S. The molecule has 0 aromatic heterocycles. The highest BCUT2D eigenvalue weighted by atomic mass is 32.2. The molecule has 0 amide bonds. The van der Waals surface area contributed by atoms with E-state index in [-0.39, 0.29) is 17.0 Å². The summed E-state index contributed by atoms with van der Waals surface area (Å²) in [6, 6.07) is 0. The smallest absolute Gasteiger partial charge is 0.152 e. The summed E-state index contributed by atoms with van der Waals surface area (Å²) in [4.78, 5) is 0. The minimum absolute atomic E-state index is 0.222. The molecule has 1 aliphatic rings. The molecule has 1 atom stereocenters. The Morgan fingerprint density at radius 1 is 1.11 bits per heavy atom. The van der Waals surface area contributed by atoms with Gasteiger partial charge in [-0.15, -0.1) is 0 Å². The zero-order valence-corrected chi connectivity index (χ0v) is 12.6. The molecule has 0 radical (unpaired) electrons. The summed E-state index contributed by atoms with van der Waals surface area (Å²) in [6.45, 7) is 5.43. The molecule has 6 nitrogen and oxygen atoms in total. The van der Waals surface area contributed by atoms with E-state index in [1.807, 2.05) is 6.92 Å². The van der Waals surface area contributed by atoms with Gasteiger partial charge in [0.2, 0.25) is 0 Å². The summed E-state index contributed by atoms with van der Waals surface area (Å²) in [6.07, 6.45) is 0.676. The van der Waals surface area contributed by atoms with E-state index in [1.165, 1.54) is 0 Å². The van der Waals surface area contributed by atoms with Crippen molar-refractivity contribution in [3.63, 3.8) is 0 Å². The normalized spacial score (nSPS) is 25.8. The van der Waals surface area contributed by atoms with Gasteiger partial charge in [-0.05, 0) is 13.3 Å². The average molecular weight is 295 g/mol. The van der Waals surface area contributed by atoms with Gasteiger partial charge in [-0.1, -0.05) is 0 Å². The predicted octanol–water partition coefficient (Wildman–Crippen LogP) is -0.167. The first kappa shape index (κ1) is 16.8. The minimum atomic E-state index is -2.85. The van der Waals surface area contributed by atoms with Gasteiger partial charge in [-0.2, -0.15) is 0 Å². The molecule has 1 aliphatic heterocycles. The zero-order valence-electron chi connectivity index (χ0n) is 11.8.